The second-order valence-corrected chi connectivity index (χ2v) is 7.82. The third-order valence-corrected chi connectivity index (χ3v) is 4.86. The predicted octanol–water partition coefficient (Wildman–Crippen LogP) is 1.12. The number of rotatable bonds is 7. The maximum Gasteiger partial charge on any atom is 0.220 e. The molecule has 23 heavy (non-hydrogen) atoms. The van der Waals surface area contributed by atoms with Crippen molar-refractivity contribution in [2.24, 2.45) is 0 Å². The van der Waals surface area contributed by atoms with Crippen LogP contribution in [0.3, 0.4) is 0 Å². The Balaban J connectivity index is 1.65. The average Bonchev–Trinajstić information content (AvgIpc) is 2.52. The van der Waals surface area contributed by atoms with Gasteiger partial charge in [-0.3, -0.25) is 4.79 Å². The van der Waals surface area contributed by atoms with E-state index >= 15 is 0 Å². The molecule has 1 atom stereocenters. The topological polar surface area (TPSA) is 84.5 Å². The van der Waals surface area contributed by atoms with Gasteiger partial charge in [0.1, 0.15) is 5.75 Å². The summed E-state index contributed by atoms with van der Waals surface area (Å²) in [6, 6.07) is 6.54. The molecule has 2 rings (SSSR count). The van der Waals surface area contributed by atoms with E-state index in [0.29, 0.717) is 25.2 Å². The van der Waals surface area contributed by atoms with E-state index in [2.05, 4.69) is 10.6 Å². The number of carbonyl (C=O) groups excluding carboxylic acids is 1. The van der Waals surface area contributed by atoms with Crippen molar-refractivity contribution >= 4 is 15.7 Å². The summed E-state index contributed by atoms with van der Waals surface area (Å²) in [4.78, 5) is 12.1. The first-order valence-electron chi connectivity index (χ1n) is 7.88. The Morgan fingerprint density at radius 3 is 2.70 bits per heavy atom. The highest BCUT2D eigenvalue weighted by atomic mass is 32.2. The second kappa shape index (κ2) is 8.31. The lowest BCUT2D eigenvalue weighted by atomic mass is 10.1. The van der Waals surface area contributed by atoms with Gasteiger partial charge in [-0.05, 0) is 50.1 Å². The first-order chi connectivity index (χ1) is 10.9. The Hall–Kier alpha value is -1.60. The molecule has 1 heterocycles. The summed E-state index contributed by atoms with van der Waals surface area (Å²) >= 11 is 0. The molecule has 1 saturated heterocycles. The number of sulfone groups is 1. The van der Waals surface area contributed by atoms with Crippen LogP contribution in [0.2, 0.25) is 0 Å². The summed E-state index contributed by atoms with van der Waals surface area (Å²) in [7, 11) is -3.18. The lowest BCUT2D eigenvalue weighted by Crippen LogP contribution is -2.45. The molecule has 2 N–H and O–H groups in total. The van der Waals surface area contributed by atoms with Crippen molar-refractivity contribution in [3.05, 3.63) is 24.3 Å². The van der Waals surface area contributed by atoms with Crippen LogP contribution in [-0.4, -0.2) is 46.3 Å². The third-order valence-electron chi connectivity index (χ3n) is 3.73. The zero-order valence-corrected chi connectivity index (χ0v) is 14.2. The fourth-order valence-corrected chi connectivity index (χ4v) is 3.11. The molecule has 0 saturated carbocycles. The number of nitrogens with one attached hydrogen (secondary N) is 2. The quantitative estimate of drug-likeness (QED) is 0.727. The molecule has 0 aliphatic carbocycles. The number of ether oxygens (including phenoxy) is 1. The molecule has 128 valence electrons. The van der Waals surface area contributed by atoms with Crippen molar-refractivity contribution in [3.8, 4) is 5.75 Å². The summed E-state index contributed by atoms with van der Waals surface area (Å²) in [5, 5.41) is 6.28. The highest BCUT2D eigenvalue weighted by Crippen LogP contribution is 2.16. The van der Waals surface area contributed by atoms with Gasteiger partial charge in [0, 0.05) is 25.3 Å². The van der Waals surface area contributed by atoms with Crippen molar-refractivity contribution < 1.29 is 17.9 Å². The van der Waals surface area contributed by atoms with Gasteiger partial charge in [-0.25, -0.2) is 8.42 Å². The molecule has 1 aromatic carbocycles. The predicted molar refractivity (Wildman–Crippen MR) is 88.3 cm³/mol. The Morgan fingerprint density at radius 2 is 2.09 bits per heavy atom. The first kappa shape index (κ1) is 17.7. The van der Waals surface area contributed by atoms with Crippen molar-refractivity contribution in [1.82, 2.24) is 10.6 Å². The van der Waals surface area contributed by atoms with Gasteiger partial charge >= 0.3 is 0 Å². The van der Waals surface area contributed by atoms with Crippen LogP contribution in [0.15, 0.2) is 29.2 Å². The fourth-order valence-electron chi connectivity index (χ4n) is 2.48. The van der Waals surface area contributed by atoms with Gasteiger partial charge in [-0.2, -0.15) is 0 Å². The molecule has 1 aliphatic heterocycles. The van der Waals surface area contributed by atoms with E-state index in [1.54, 1.807) is 12.1 Å². The molecule has 0 aromatic heterocycles. The average molecular weight is 340 g/mol. The first-order valence-corrected chi connectivity index (χ1v) is 9.77. The van der Waals surface area contributed by atoms with Crippen LogP contribution in [0.5, 0.6) is 5.75 Å². The Morgan fingerprint density at radius 1 is 1.35 bits per heavy atom. The minimum atomic E-state index is -3.18. The van der Waals surface area contributed by atoms with Gasteiger partial charge in [0.15, 0.2) is 9.84 Å². The van der Waals surface area contributed by atoms with Crippen LogP contribution in [0.1, 0.15) is 25.7 Å². The molecule has 0 spiro atoms. The molecule has 0 bridgehead atoms. The van der Waals surface area contributed by atoms with Gasteiger partial charge in [-0.15, -0.1) is 0 Å². The lowest BCUT2D eigenvalue weighted by molar-refractivity contribution is -0.122. The van der Waals surface area contributed by atoms with Crippen LogP contribution in [-0.2, 0) is 14.6 Å². The number of amides is 1. The number of hydrogen-bond acceptors (Lipinski definition) is 5. The highest BCUT2D eigenvalue weighted by molar-refractivity contribution is 7.90. The number of benzene rings is 1. The Bertz CT molecular complexity index is 607. The number of carbonyl (C=O) groups is 1. The van der Waals surface area contributed by atoms with Gasteiger partial charge in [-0.1, -0.05) is 0 Å². The van der Waals surface area contributed by atoms with Gasteiger partial charge in [0.25, 0.3) is 0 Å². The van der Waals surface area contributed by atoms with Crippen molar-refractivity contribution in [2.45, 2.75) is 36.6 Å². The van der Waals surface area contributed by atoms with E-state index in [9.17, 15) is 13.2 Å². The van der Waals surface area contributed by atoms with Crippen molar-refractivity contribution in [1.29, 1.82) is 0 Å². The number of hydrogen-bond donors (Lipinski definition) is 2. The zero-order valence-electron chi connectivity index (χ0n) is 13.4. The maximum atomic E-state index is 11.8. The largest absolute Gasteiger partial charge is 0.494 e. The Labute approximate surface area is 137 Å². The molecular weight excluding hydrogens is 316 g/mol. The molecule has 1 fully saturated rings. The Kier molecular flexibility index (Phi) is 6.41. The monoisotopic (exact) mass is 340 g/mol. The van der Waals surface area contributed by atoms with Gasteiger partial charge in [0.2, 0.25) is 5.91 Å². The summed E-state index contributed by atoms with van der Waals surface area (Å²) < 4.78 is 28.2. The van der Waals surface area contributed by atoms with E-state index in [1.165, 1.54) is 18.4 Å². The summed E-state index contributed by atoms with van der Waals surface area (Å²) in [6.45, 7) is 2.29. The van der Waals surface area contributed by atoms with Crippen molar-refractivity contribution in [2.75, 3.05) is 26.0 Å². The molecule has 1 aromatic rings. The normalized spacial score (nSPS) is 18.4. The van der Waals surface area contributed by atoms with Crippen LogP contribution in [0, 0.1) is 0 Å². The van der Waals surface area contributed by atoms with E-state index in [-0.39, 0.29) is 16.8 Å². The zero-order chi connectivity index (χ0) is 16.7. The summed E-state index contributed by atoms with van der Waals surface area (Å²) in [5.74, 6) is 0.656. The molecule has 1 aliphatic rings. The SMILES string of the molecule is CS(=O)(=O)c1ccc(OCCCC(=O)NC2CCCNC2)cc1. The minimum Gasteiger partial charge on any atom is -0.494 e. The maximum absolute atomic E-state index is 11.8. The second-order valence-electron chi connectivity index (χ2n) is 5.81. The lowest BCUT2D eigenvalue weighted by Gasteiger charge is -2.23. The van der Waals surface area contributed by atoms with E-state index in [0.717, 1.165) is 25.9 Å². The van der Waals surface area contributed by atoms with Crippen LogP contribution >= 0.6 is 0 Å². The smallest absolute Gasteiger partial charge is 0.220 e. The highest BCUT2D eigenvalue weighted by Gasteiger charge is 2.14. The van der Waals surface area contributed by atoms with Crippen LogP contribution in [0.25, 0.3) is 0 Å². The van der Waals surface area contributed by atoms with Gasteiger partial charge < -0.3 is 15.4 Å². The van der Waals surface area contributed by atoms with E-state index < -0.39 is 9.84 Å². The van der Waals surface area contributed by atoms with E-state index in [4.69, 9.17) is 4.74 Å². The standard InChI is InChI=1S/C16H24N2O4S/c1-23(20,21)15-8-6-14(7-9-15)22-11-3-5-16(19)18-13-4-2-10-17-12-13/h6-9,13,17H,2-5,10-12H2,1H3,(H,18,19). The summed E-state index contributed by atoms with van der Waals surface area (Å²) in [6.07, 6.45) is 4.35. The molecular formula is C16H24N2O4S. The van der Waals surface area contributed by atoms with Crippen LogP contribution < -0.4 is 15.4 Å². The molecule has 7 heteroatoms. The molecule has 6 nitrogen and oxygen atoms in total. The molecule has 0 radical (unpaired) electrons. The third kappa shape index (κ3) is 6.19. The van der Waals surface area contributed by atoms with Gasteiger partial charge in [0.05, 0.1) is 11.5 Å². The molecule has 1 unspecified atom stereocenters. The van der Waals surface area contributed by atoms with Crippen molar-refractivity contribution in [3.63, 3.8) is 0 Å². The number of piperidine rings is 1. The minimum absolute atomic E-state index is 0.0507. The summed E-state index contributed by atoms with van der Waals surface area (Å²) in [5.41, 5.74) is 0. The van der Waals surface area contributed by atoms with E-state index in [1.807, 2.05) is 0 Å². The molecule has 1 amide bonds. The van der Waals surface area contributed by atoms with Crippen LogP contribution in [0.4, 0.5) is 0 Å². The fraction of sp³-hybridized carbons (Fsp3) is 0.562.